The van der Waals surface area contributed by atoms with Crippen LogP contribution in [0, 0.1) is 11.3 Å². The smallest absolute Gasteiger partial charge is 0.103 e. The number of nitrogens with zero attached hydrogens (tertiary/aromatic N) is 1. The first-order valence-corrected chi connectivity index (χ1v) is 5.46. The second-order valence-corrected chi connectivity index (χ2v) is 4.05. The van der Waals surface area contributed by atoms with Crippen molar-refractivity contribution in [1.82, 2.24) is 0 Å². The second-order valence-electron chi connectivity index (χ2n) is 4.05. The van der Waals surface area contributed by atoms with Crippen molar-refractivity contribution in [3.8, 4) is 6.07 Å². The molecule has 76 valence electrons. The van der Waals surface area contributed by atoms with Gasteiger partial charge in [-0.3, -0.25) is 0 Å². The summed E-state index contributed by atoms with van der Waals surface area (Å²) in [4.78, 5) is 0. The summed E-state index contributed by atoms with van der Waals surface area (Å²) >= 11 is 0. The molecule has 0 amide bonds. The van der Waals surface area contributed by atoms with Crippen molar-refractivity contribution in [2.75, 3.05) is 0 Å². The molecule has 0 radical (unpaired) electrons. The normalized spacial score (nSPS) is 27.9. The Bertz CT molecular complexity index is 411. The average Bonchev–Trinajstić information content (AvgIpc) is 2.74. The Morgan fingerprint density at radius 1 is 1.33 bits per heavy atom. The SMILES string of the molecule is C/C=C1\CCCC1(C#N)c1ccccc1. The molecule has 2 rings (SSSR count). The van der Waals surface area contributed by atoms with Crippen molar-refractivity contribution in [2.45, 2.75) is 31.6 Å². The van der Waals surface area contributed by atoms with Gasteiger partial charge in [-0.25, -0.2) is 0 Å². The van der Waals surface area contributed by atoms with E-state index in [9.17, 15) is 5.26 Å². The molecule has 1 unspecified atom stereocenters. The Labute approximate surface area is 91.0 Å². The van der Waals surface area contributed by atoms with Crippen LogP contribution in [-0.2, 0) is 5.41 Å². The van der Waals surface area contributed by atoms with Crippen LogP contribution >= 0.6 is 0 Å². The van der Waals surface area contributed by atoms with Crippen LogP contribution in [0.4, 0.5) is 0 Å². The molecule has 0 spiro atoms. The highest BCUT2D eigenvalue weighted by molar-refractivity contribution is 5.45. The summed E-state index contributed by atoms with van der Waals surface area (Å²) in [7, 11) is 0. The standard InChI is InChI=1S/C14H15N/c1-2-12-9-6-10-14(12,11-15)13-7-4-3-5-8-13/h2-5,7-8H,6,9-10H2,1H3/b12-2+. The topological polar surface area (TPSA) is 23.8 Å². The molecule has 1 heteroatoms. The van der Waals surface area contributed by atoms with Crippen LogP contribution in [0.5, 0.6) is 0 Å². The van der Waals surface area contributed by atoms with Gasteiger partial charge in [-0.05, 0) is 37.3 Å². The van der Waals surface area contributed by atoms with E-state index in [2.05, 4.69) is 24.3 Å². The fourth-order valence-electron chi connectivity index (χ4n) is 2.55. The minimum Gasteiger partial charge on any atom is -0.197 e. The van der Waals surface area contributed by atoms with Gasteiger partial charge in [0.1, 0.15) is 5.41 Å². The molecule has 0 N–H and O–H groups in total. The zero-order valence-corrected chi connectivity index (χ0v) is 9.03. The van der Waals surface area contributed by atoms with E-state index in [1.165, 1.54) is 5.57 Å². The van der Waals surface area contributed by atoms with E-state index in [0.717, 1.165) is 24.8 Å². The highest BCUT2D eigenvalue weighted by atomic mass is 14.4. The van der Waals surface area contributed by atoms with E-state index in [0.29, 0.717) is 0 Å². The second kappa shape index (κ2) is 3.90. The zero-order chi connectivity index (χ0) is 10.7. The van der Waals surface area contributed by atoms with Gasteiger partial charge in [0.05, 0.1) is 6.07 Å². The molecule has 0 aliphatic heterocycles. The third-order valence-electron chi connectivity index (χ3n) is 3.35. The number of hydrogen-bond donors (Lipinski definition) is 0. The van der Waals surface area contributed by atoms with Crippen molar-refractivity contribution in [2.24, 2.45) is 0 Å². The van der Waals surface area contributed by atoms with Gasteiger partial charge in [-0.15, -0.1) is 0 Å². The molecule has 1 aromatic carbocycles. The van der Waals surface area contributed by atoms with Crippen LogP contribution in [0.2, 0.25) is 0 Å². The first-order chi connectivity index (χ1) is 7.33. The van der Waals surface area contributed by atoms with Gasteiger partial charge in [-0.2, -0.15) is 5.26 Å². The van der Waals surface area contributed by atoms with E-state index < -0.39 is 0 Å². The van der Waals surface area contributed by atoms with Gasteiger partial charge in [0.15, 0.2) is 0 Å². The Kier molecular flexibility index (Phi) is 2.60. The fourth-order valence-corrected chi connectivity index (χ4v) is 2.55. The maximum Gasteiger partial charge on any atom is 0.103 e. The molecule has 1 nitrogen and oxygen atoms in total. The van der Waals surface area contributed by atoms with Crippen molar-refractivity contribution < 1.29 is 0 Å². The molecule has 0 heterocycles. The lowest BCUT2D eigenvalue weighted by atomic mass is 9.77. The van der Waals surface area contributed by atoms with Gasteiger partial charge in [-0.1, -0.05) is 36.4 Å². The molecule has 0 saturated heterocycles. The molecule has 1 aliphatic carbocycles. The van der Waals surface area contributed by atoms with Crippen LogP contribution < -0.4 is 0 Å². The van der Waals surface area contributed by atoms with Gasteiger partial charge in [0, 0.05) is 0 Å². The molecule has 0 bridgehead atoms. The predicted octanol–water partition coefficient (Wildman–Crippen LogP) is 3.58. The Morgan fingerprint density at radius 2 is 2.07 bits per heavy atom. The molecular weight excluding hydrogens is 182 g/mol. The molecule has 1 atom stereocenters. The average molecular weight is 197 g/mol. The summed E-state index contributed by atoms with van der Waals surface area (Å²) in [6, 6.07) is 12.7. The van der Waals surface area contributed by atoms with Gasteiger partial charge in [0.2, 0.25) is 0 Å². The quantitative estimate of drug-likeness (QED) is 0.631. The Hall–Kier alpha value is -1.55. The number of rotatable bonds is 1. The number of benzene rings is 1. The molecule has 1 saturated carbocycles. The predicted molar refractivity (Wildman–Crippen MR) is 61.3 cm³/mol. The van der Waals surface area contributed by atoms with Crippen LogP contribution in [0.15, 0.2) is 42.0 Å². The molecule has 0 aromatic heterocycles. The summed E-state index contributed by atoms with van der Waals surface area (Å²) < 4.78 is 0. The highest BCUT2D eigenvalue weighted by Gasteiger charge is 2.39. The van der Waals surface area contributed by atoms with Crippen molar-refractivity contribution in [3.63, 3.8) is 0 Å². The van der Waals surface area contributed by atoms with Crippen LogP contribution in [0.25, 0.3) is 0 Å². The summed E-state index contributed by atoms with van der Waals surface area (Å²) in [6.07, 6.45) is 5.28. The first kappa shape index (κ1) is 9.98. The van der Waals surface area contributed by atoms with Gasteiger partial charge < -0.3 is 0 Å². The van der Waals surface area contributed by atoms with E-state index in [4.69, 9.17) is 0 Å². The summed E-state index contributed by atoms with van der Waals surface area (Å²) in [6.45, 7) is 2.04. The first-order valence-electron chi connectivity index (χ1n) is 5.46. The minimum atomic E-state index is -0.337. The minimum absolute atomic E-state index is 0.337. The monoisotopic (exact) mass is 197 g/mol. The lowest BCUT2D eigenvalue weighted by Gasteiger charge is -2.23. The lowest BCUT2D eigenvalue weighted by molar-refractivity contribution is 0.655. The third kappa shape index (κ3) is 1.47. The number of hydrogen-bond acceptors (Lipinski definition) is 1. The summed E-state index contributed by atoms with van der Waals surface area (Å²) in [5.74, 6) is 0. The van der Waals surface area contributed by atoms with Gasteiger partial charge in [0.25, 0.3) is 0 Å². The molecule has 1 aromatic rings. The summed E-state index contributed by atoms with van der Waals surface area (Å²) in [5.41, 5.74) is 2.10. The lowest BCUT2D eigenvalue weighted by Crippen LogP contribution is -2.21. The molecular formula is C14H15N. The fraction of sp³-hybridized carbons (Fsp3) is 0.357. The maximum absolute atomic E-state index is 9.48. The maximum atomic E-state index is 9.48. The van der Waals surface area contributed by atoms with E-state index >= 15 is 0 Å². The molecule has 1 aliphatic rings. The van der Waals surface area contributed by atoms with Crippen molar-refractivity contribution >= 4 is 0 Å². The van der Waals surface area contributed by atoms with E-state index in [1.54, 1.807) is 0 Å². The summed E-state index contributed by atoms with van der Waals surface area (Å²) in [5, 5.41) is 9.48. The van der Waals surface area contributed by atoms with Crippen LogP contribution in [-0.4, -0.2) is 0 Å². The number of nitriles is 1. The van der Waals surface area contributed by atoms with E-state index in [-0.39, 0.29) is 5.41 Å². The third-order valence-corrected chi connectivity index (χ3v) is 3.35. The largest absolute Gasteiger partial charge is 0.197 e. The molecule has 15 heavy (non-hydrogen) atoms. The van der Waals surface area contributed by atoms with Crippen LogP contribution in [0.3, 0.4) is 0 Å². The highest BCUT2D eigenvalue weighted by Crippen LogP contribution is 2.44. The van der Waals surface area contributed by atoms with Gasteiger partial charge >= 0.3 is 0 Å². The Morgan fingerprint density at radius 3 is 2.67 bits per heavy atom. The van der Waals surface area contributed by atoms with Crippen LogP contribution in [0.1, 0.15) is 31.7 Å². The number of allylic oxidation sites excluding steroid dienone is 2. The van der Waals surface area contributed by atoms with Crippen molar-refractivity contribution in [1.29, 1.82) is 5.26 Å². The van der Waals surface area contributed by atoms with Crippen molar-refractivity contribution in [3.05, 3.63) is 47.5 Å². The van der Waals surface area contributed by atoms with E-state index in [1.807, 2.05) is 25.1 Å². The Balaban J connectivity index is 2.52. The zero-order valence-electron chi connectivity index (χ0n) is 9.03. The molecule has 1 fully saturated rings.